The lowest BCUT2D eigenvalue weighted by molar-refractivity contribution is -0.115. The summed E-state index contributed by atoms with van der Waals surface area (Å²) < 4.78 is 29.1. The second-order valence-electron chi connectivity index (χ2n) is 4.95. The molecule has 0 aromatic heterocycles. The molecule has 1 aromatic carbocycles. The summed E-state index contributed by atoms with van der Waals surface area (Å²) in [6, 6.07) is 4.74. The van der Waals surface area contributed by atoms with E-state index in [1.165, 1.54) is 18.9 Å². The van der Waals surface area contributed by atoms with E-state index in [0.29, 0.717) is 17.2 Å². The highest BCUT2D eigenvalue weighted by molar-refractivity contribution is 5.94. The monoisotopic (exact) mass is 284 g/mol. The molecule has 1 aliphatic carbocycles. The van der Waals surface area contributed by atoms with Gasteiger partial charge in [0.25, 0.3) is 0 Å². The number of rotatable bonds is 7. The molecule has 0 radical (unpaired) electrons. The van der Waals surface area contributed by atoms with Crippen molar-refractivity contribution in [3.63, 3.8) is 0 Å². The van der Waals surface area contributed by atoms with Crippen LogP contribution in [-0.2, 0) is 4.79 Å². The predicted octanol–water partition coefficient (Wildman–Crippen LogP) is 2.53. The van der Waals surface area contributed by atoms with Crippen LogP contribution in [0.25, 0.3) is 0 Å². The fraction of sp³-hybridized carbons (Fsp3) is 0.500. The fourth-order valence-electron chi connectivity index (χ4n) is 1.89. The molecule has 0 spiro atoms. The van der Waals surface area contributed by atoms with E-state index < -0.39 is 6.61 Å². The van der Waals surface area contributed by atoms with Gasteiger partial charge in [-0.05, 0) is 43.9 Å². The van der Waals surface area contributed by atoms with Gasteiger partial charge >= 0.3 is 6.61 Å². The number of aryl methyl sites for hydroxylation is 1. The van der Waals surface area contributed by atoms with Crippen molar-refractivity contribution in [1.29, 1.82) is 0 Å². The molecular formula is C14H18F2N2O2. The van der Waals surface area contributed by atoms with Crippen LogP contribution in [0, 0.1) is 12.8 Å². The maximum Gasteiger partial charge on any atom is 0.387 e. The van der Waals surface area contributed by atoms with Crippen molar-refractivity contribution in [1.82, 2.24) is 5.32 Å². The van der Waals surface area contributed by atoms with Crippen LogP contribution in [0.5, 0.6) is 5.75 Å². The average molecular weight is 284 g/mol. The molecule has 4 nitrogen and oxygen atoms in total. The van der Waals surface area contributed by atoms with E-state index in [0.717, 1.165) is 6.54 Å². The van der Waals surface area contributed by atoms with E-state index in [2.05, 4.69) is 15.4 Å². The number of hydrogen-bond donors (Lipinski definition) is 2. The maximum absolute atomic E-state index is 12.3. The number of alkyl halides is 2. The SMILES string of the molecule is Cc1cccc(OC(F)F)c1NC(=O)CNCC1CC1. The average Bonchev–Trinajstić information content (AvgIpc) is 3.17. The first kappa shape index (κ1) is 14.7. The van der Waals surface area contributed by atoms with E-state index in [9.17, 15) is 13.6 Å². The first-order valence-electron chi connectivity index (χ1n) is 6.61. The van der Waals surface area contributed by atoms with Crippen LogP contribution in [0.1, 0.15) is 18.4 Å². The number of anilines is 1. The highest BCUT2D eigenvalue weighted by Crippen LogP contribution is 2.29. The molecule has 2 N–H and O–H groups in total. The largest absolute Gasteiger partial charge is 0.433 e. The molecule has 0 bridgehead atoms. The third kappa shape index (κ3) is 4.45. The van der Waals surface area contributed by atoms with E-state index in [4.69, 9.17) is 0 Å². The molecule has 110 valence electrons. The quantitative estimate of drug-likeness (QED) is 0.809. The van der Waals surface area contributed by atoms with Crippen molar-refractivity contribution in [2.75, 3.05) is 18.4 Å². The van der Waals surface area contributed by atoms with Gasteiger partial charge in [0.05, 0.1) is 12.2 Å². The molecule has 2 rings (SSSR count). The van der Waals surface area contributed by atoms with Crippen LogP contribution in [0.15, 0.2) is 18.2 Å². The van der Waals surface area contributed by atoms with Crippen molar-refractivity contribution >= 4 is 11.6 Å². The van der Waals surface area contributed by atoms with Crippen LogP contribution in [0.3, 0.4) is 0 Å². The summed E-state index contributed by atoms with van der Waals surface area (Å²) in [5, 5.41) is 5.66. The molecule has 1 amide bonds. The molecular weight excluding hydrogens is 266 g/mol. The van der Waals surface area contributed by atoms with Gasteiger partial charge in [-0.2, -0.15) is 8.78 Å². The highest BCUT2D eigenvalue weighted by atomic mass is 19.3. The van der Waals surface area contributed by atoms with Gasteiger partial charge in [0.15, 0.2) is 0 Å². The van der Waals surface area contributed by atoms with Crippen LogP contribution in [0.4, 0.5) is 14.5 Å². The number of nitrogens with one attached hydrogen (secondary N) is 2. The van der Waals surface area contributed by atoms with Gasteiger partial charge in [0.1, 0.15) is 5.75 Å². The minimum atomic E-state index is -2.92. The zero-order valence-electron chi connectivity index (χ0n) is 11.3. The van der Waals surface area contributed by atoms with Crippen molar-refractivity contribution in [2.24, 2.45) is 5.92 Å². The Balaban J connectivity index is 1.93. The number of ether oxygens (including phenoxy) is 1. The highest BCUT2D eigenvalue weighted by Gasteiger charge is 2.21. The van der Waals surface area contributed by atoms with Gasteiger partial charge in [0, 0.05) is 0 Å². The smallest absolute Gasteiger partial charge is 0.387 e. The molecule has 6 heteroatoms. The summed E-state index contributed by atoms with van der Waals surface area (Å²) in [6.45, 7) is -0.202. The number of amides is 1. The summed E-state index contributed by atoms with van der Waals surface area (Å²) >= 11 is 0. The minimum Gasteiger partial charge on any atom is -0.433 e. The summed E-state index contributed by atoms with van der Waals surface area (Å²) in [5.41, 5.74) is 0.977. The first-order valence-corrected chi connectivity index (χ1v) is 6.61. The number of benzene rings is 1. The zero-order chi connectivity index (χ0) is 14.5. The number of halogens is 2. The Bertz CT molecular complexity index is 476. The lowest BCUT2D eigenvalue weighted by atomic mass is 10.2. The fourth-order valence-corrected chi connectivity index (χ4v) is 1.89. The van der Waals surface area contributed by atoms with Gasteiger partial charge in [-0.1, -0.05) is 12.1 Å². The van der Waals surface area contributed by atoms with Gasteiger partial charge < -0.3 is 15.4 Å². The second kappa shape index (κ2) is 6.65. The Kier molecular flexibility index (Phi) is 4.89. The van der Waals surface area contributed by atoms with E-state index in [-0.39, 0.29) is 18.2 Å². The third-order valence-corrected chi connectivity index (χ3v) is 3.13. The number of carbonyl (C=O) groups is 1. The lowest BCUT2D eigenvalue weighted by Crippen LogP contribution is -2.29. The van der Waals surface area contributed by atoms with Gasteiger partial charge in [0.2, 0.25) is 5.91 Å². The van der Waals surface area contributed by atoms with Crippen LogP contribution in [0.2, 0.25) is 0 Å². The normalized spacial score (nSPS) is 14.4. The maximum atomic E-state index is 12.3. The predicted molar refractivity (Wildman–Crippen MR) is 72.0 cm³/mol. The van der Waals surface area contributed by atoms with Gasteiger partial charge in [-0.3, -0.25) is 4.79 Å². The summed E-state index contributed by atoms with van der Waals surface area (Å²) in [7, 11) is 0. The molecule has 20 heavy (non-hydrogen) atoms. The van der Waals surface area contributed by atoms with Crippen molar-refractivity contribution in [3.8, 4) is 5.75 Å². The van der Waals surface area contributed by atoms with E-state index >= 15 is 0 Å². The molecule has 0 heterocycles. The van der Waals surface area contributed by atoms with E-state index in [1.807, 2.05) is 0 Å². The molecule has 1 aliphatic rings. The number of hydrogen-bond acceptors (Lipinski definition) is 3. The Labute approximate surface area is 116 Å². The Hall–Kier alpha value is -1.69. The lowest BCUT2D eigenvalue weighted by Gasteiger charge is -2.14. The Morgan fingerprint density at radius 1 is 1.45 bits per heavy atom. The second-order valence-corrected chi connectivity index (χ2v) is 4.95. The summed E-state index contributed by atoms with van der Waals surface area (Å²) in [4.78, 5) is 11.8. The Morgan fingerprint density at radius 3 is 2.85 bits per heavy atom. The topological polar surface area (TPSA) is 50.4 Å². The molecule has 0 unspecified atom stereocenters. The summed E-state index contributed by atoms with van der Waals surface area (Å²) in [5.74, 6) is 0.397. The standard InChI is InChI=1S/C14H18F2N2O2/c1-9-3-2-4-11(20-14(15)16)13(9)18-12(19)8-17-7-10-5-6-10/h2-4,10,14,17H,5-8H2,1H3,(H,18,19). The van der Waals surface area contributed by atoms with Gasteiger partial charge in [-0.15, -0.1) is 0 Å². The molecule has 0 atom stereocenters. The minimum absolute atomic E-state index is 0.0180. The summed E-state index contributed by atoms with van der Waals surface area (Å²) in [6.07, 6.45) is 2.41. The molecule has 1 aromatic rings. The molecule has 0 aliphatic heterocycles. The first-order chi connectivity index (χ1) is 9.56. The zero-order valence-corrected chi connectivity index (χ0v) is 11.3. The molecule has 1 saturated carbocycles. The van der Waals surface area contributed by atoms with E-state index in [1.54, 1.807) is 19.1 Å². The third-order valence-electron chi connectivity index (χ3n) is 3.13. The van der Waals surface area contributed by atoms with Crippen molar-refractivity contribution < 1.29 is 18.3 Å². The van der Waals surface area contributed by atoms with Crippen LogP contribution >= 0.6 is 0 Å². The number of carbonyl (C=O) groups excluding carboxylic acids is 1. The van der Waals surface area contributed by atoms with Gasteiger partial charge in [-0.25, -0.2) is 0 Å². The molecule has 0 saturated heterocycles. The van der Waals surface area contributed by atoms with Crippen molar-refractivity contribution in [2.45, 2.75) is 26.4 Å². The Morgan fingerprint density at radius 2 is 2.20 bits per heavy atom. The molecule has 1 fully saturated rings. The van der Waals surface area contributed by atoms with Crippen molar-refractivity contribution in [3.05, 3.63) is 23.8 Å². The van der Waals surface area contributed by atoms with Crippen LogP contribution < -0.4 is 15.4 Å². The number of para-hydroxylation sites is 1. The van der Waals surface area contributed by atoms with Crippen LogP contribution in [-0.4, -0.2) is 25.6 Å².